The van der Waals surface area contributed by atoms with Crippen molar-refractivity contribution >= 4 is 35.1 Å². The Balaban J connectivity index is 1.72. The van der Waals surface area contributed by atoms with Gasteiger partial charge in [-0.3, -0.25) is 4.79 Å². The fraction of sp³-hybridized carbons (Fsp3) is 0.393. The normalized spacial score (nSPS) is 11.4. The lowest BCUT2D eigenvalue weighted by Gasteiger charge is -2.24. The maximum Gasteiger partial charge on any atom is 0.321 e. The van der Waals surface area contributed by atoms with Crippen LogP contribution in [0.3, 0.4) is 0 Å². The number of thioether (sulfide) groups is 1. The molecule has 0 saturated heterocycles. The van der Waals surface area contributed by atoms with E-state index in [0.29, 0.717) is 37.2 Å². The topological polar surface area (TPSA) is 64.5 Å². The number of ether oxygens (including phenoxy) is 2. The van der Waals surface area contributed by atoms with Crippen LogP contribution in [0.25, 0.3) is 11.4 Å². The summed E-state index contributed by atoms with van der Waals surface area (Å²) in [4.78, 5) is 24.9. The quantitative estimate of drug-likeness (QED) is 0.140. The monoisotopic (exact) mass is 527 g/mol. The molecular formula is C28H34ClN3O3S. The molecule has 0 fully saturated rings. The molecule has 0 N–H and O–H groups in total. The fourth-order valence-electron chi connectivity index (χ4n) is 3.47. The number of halogens is 1. The molecule has 36 heavy (non-hydrogen) atoms. The summed E-state index contributed by atoms with van der Waals surface area (Å²) in [5.41, 5.74) is 2.00. The number of nitrogens with zero attached hydrogens (tertiary/aromatic N) is 3. The second kappa shape index (κ2) is 13.6. The number of carbonyl (C=O) groups excluding carboxylic acids is 1. The second-order valence-corrected chi connectivity index (χ2v) is 11.0. The van der Waals surface area contributed by atoms with Gasteiger partial charge in [0, 0.05) is 41.9 Å². The summed E-state index contributed by atoms with van der Waals surface area (Å²) in [6.07, 6.45) is 3.65. The van der Waals surface area contributed by atoms with Crippen molar-refractivity contribution in [2.45, 2.75) is 49.8 Å². The van der Waals surface area contributed by atoms with Crippen LogP contribution < -0.4 is 4.90 Å². The number of benzene rings is 2. The van der Waals surface area contributed by atoms with Crippen LogP contribution in [0.4, 0.5) is 5.82 Å². The molecule has 0 aliphatic heterocycles. The van der Waals surface area contributed by atoms with Gasteiger partial charge >= 0.3 is 5.97 Å². The smallest absolute Gasteiger partial charge is 0.321 e. The minimum absolute atomic E-state index is 0.185. The van der Waals surface area contributed by atoms with Gasteiger partial charge in [0.05, 0.1) is 13.2 Å². The highest BCUT2D eigenvalue weighted by molar-refractivity contribution is 8.01. The number of hydrogen-bond acceptors (Lipinski definition) is 7. The van der Waals surface area contributed by atoms with E-state index in [1.165, 1.54) is 11.8 Å². The van der Waals surface area contributed by atoms with E-state index in [4.69, 9.17) is 26.1 Å². The number of esters is 1. The molecule has 0 radical (unpaired) electrons. The molecule has 8 heteroatoms. The SMILES string of the molecule is CCCCOC(=O)C(C)(C)Sc1ccc(CN(CCOC)c2ccnc(-c3cccc(Cl)c3)n2)cc1. The van der Waals surface area contributed by atoms with E-state index < -0.39 is 4.75 Å². The Kier molecular flexibility index (Phi) is 10.6. The molecule has 0 aliphatic rings. The van der Waals surface area contributed by atoms with Crippen LogP contribution in [0.15, 0.2) is 65.7 Å². The number of unbranched alkanes of at least 4 members (excludes halogenated alkanes) is 1. The lowest BCUT2D eigenvalue weighted by molar-refractivity contribution is -0.145. The summed E-state index contributed by atoms with van der Waals surface area (Å²) >= 11 is 7.67. The zero-order valence-corrected chi connectivity index (χ0v) is 22.9. The van der Waals surface area contributed by atoms with Crippen molar-refractivity contribution in [3.8, 4) is 11.4 Å². The van der Waals surface area contributed by atoms with Crippen molar-refractivity contribution in [1.82, 2.24) is 9.97 Å². The van der Waals surface area contributed by atoms with Crippen molar-refractivity contribution in [2.75, 3.05) is 31.8 Å². The second-order valence-electron chi connectivity index (χ2n) is 8.91. The lowest BCUT2D eigenvalue weighted by Crippen LogP contribution is -2.30. The van der Waals surface area contributed by atoms with Gasteiger partial charge in [-0.15, -0.1) is 11.8 Å². The van der Waals surface area contributed by atoms with E-state index in [0.717, 1.165) is 34.7 Å². The summed E-state index contributed by atoms with van der Waals surface area (Å²) in [6.45, 7) is 8.25. The van der Waals surface area contributed by atoms with Crippen LogP contribution in [0, 0.1) is 0 Å². The van der Waals surface area contributed by atoms with Crippen molar-refractivity contribution in [3.63, 3.8) is 0 Å². The van der Waals surface area contributed by atoms with Gasteiger partial charge in [0.15, 0.2) is 5.82 Å². The van der Waals surface area contributed by atoms with Crippen LogP contribution >= 0.6 is 23.4 Å². The molecule has 0 amide bonds. The van der Waals surface area contributed by atoms with Crippen LogP contribution in [-0.4, -0.2) is 47.6 Å². The third kappa shape index (κ3) is 8.22. The number of carbonyl (C=O) groups is 1. The van der Waals surface area contributed by atoms with E-state index in [1.807, 2.05) is 56.3 Å². The summed E-state index contributed by atoms with van der Waals surface area (Å²) in [7, 11) is 1.69. The average Bonchev–Trinajstić information content (AvgIpc) is 2.87. The average molecular weight is 528 g/mol. The third-order valence-electron chi connectivity index (χ3n) is 5.51. The first-order valence-corrected chi connectivity index (χ1v) is 13.3. The van der Waals surface area contributed by atoms with Crippen molar-refractivity contribution in [1.29, 1.82) is 0 Å². The molecule has 192 valence electrons. The Bertz CT molecular complexity index is 1130. The minimum Gasteiger partial charge on any atom is -0.465 e. The fourth-order valence-corrected chi connectivity index (χ4v) is 4.66. The predicted octanol–water partition coefficient (Wildman–Crippen LogP) is 6.66. The zero-order chi connectivity index (χ0) is 26.0. The Morgan fingerprint density at radius 1 is 1.11 bits per heavy atom. The van der Waals surface area contributed by atoms with Gasteiger partial charge in [-0.05, 0) is 56.2 Å². The molecular weight excluding hydrogens is 494 g/mol. The summed E-state index contributed by atoms with van der Waals surface area (Å²) in [5.74, 6) is 1.25. The maximum absolute atomic E-state index is 12.5. The minimum atomic E-state index is -0.655. The Hall–Kier alpha value is -2.61. The zero-order valence-electron chi connectivity index (χ0n) is 21.4. The number of aromatic nitrogens is 2. The predicted molar refractivity (Wildman–Crippen MR) is 148 cm³/mol. The van der Waals surface area contributed by atoms with Gasteiger partial charge in [-0.25, -0.2) is 9.97 Å². The Labute approximate surface area is 223 Å². The van der Waals surface area contributed by atoms with E-state index in [2.05, 4.69) is 28.9 Å². The molecule has 0 spiro atoms. The van der Waals surface area contributed by atoms with Crippen LogP contribution in [0.1, 0.15) is 39.2 Å². The van der Waals surface area contributed by atoms with Crippen LogP contribution in [0.2, 0.25) is 5.02 Å². The number of methoxy groups -OCH3 is 1. The van der Waals surface area contributed by atoms with Gasteiger partial charge in [-0.2, -0.15) is 0 Å². The summed E-state index contributed by atoms with van der Waals surface area (Å²) in [6, 6.07) is 17.7. The standard InChI is InChI=1S/C28H34ClN3O3S/c1-5-6-17-35-27(33)28(2,3)36-24-12-10-21(11-13-24)20-32(16-18-34-4)25-14-15-30-26(31-25)22-8-7-9-23(29)19-22/h7-15,19H,5-6,16-18,20H2,1-4H3. The summed E-state index contributed by atoms with van der Waals surface area (Å²) < 4.78 is 10.1. The highest BCUT2D eigenvalue weighted by Crippen LogP contribution is 2.34. The van der Waals surface area contributed by atoms with Gasteiger partial charge in [-0.1, -0.05) is 49.2 Å². The number of rotatable bonds is 13. The Morgan fingerprint density at radius 2 is 1.89 bits per heavy atom. The van der Waals surface area contributed by atoms with E-state index >= 15 is 0 Å². The lowest BCUT2D eigenvalue weighted by atomic mass is 10.2. The first-order valence-electron chi connectivity index (χ1n) is 12.1. The van der Waals surface area contributed by atoms with E-state index in [-0.39, 0.29) is 5.97 Å². The molecule has 1 aromatic heterocycles. The maximum atomic E-state index is 12.5. The number of anilines is 1. The molecule has 0 aliphatic carbocycles. The number of hydrogen-bond donors (Lipinski definition) is 0. The molecule has 0 atom stereocenters. The third-order valence-corrected chi connectivity index (χ3v) is 6.93. The van der Waals surface area contributed by atoms with Crippen molar-refractivity contribution in [2.24, 2.45) is 0 Å². The van der Waals surface area contributed by atoms with Gasteiger partial charge in [0.2, 0.25) is 0 Å². The molecule has 6 nitrogen and oxygen atoms in total. The molecule has 0 bridgehead atoms. The van der Waals surface area contributed by atoms with Gasteiger partial charge in [0.25, 0.3) is 0 Å². The molecule has 0 unspecified atom stereocenters. The Morgan fingerprint density at radius 3 is 2.58 bits per heavy atom. The molecule has 1 heterocycles. The van der Waals surface area contributed by atoms with Crippen LogP contribution in [0.5, 0.6) is 0 Å². The van der Waals surface area contributed by atoms with Crippen LogP contribution in [-0.2, 0) is 20.8 Å². The molecule has 2 aromatic carbocycles. The van der Waals surface area contributed by atoms with Crippen molar-refractivity contribution < 1.29 is 14.3 Å². The highest BCUT2D eigenvalue weighted by atomic mass is 35.5. The van der Waals surface area contributed by atoms with Crippen molar-refractivity contribution in [3.05, 3.63) is 71.4 Å². The summed E-state index contributed by atoms with van der Waals surface area (Å²) in [5, 5.41) is 0.646. The van der Waals surface area contributed by atoms with E-state index in [1.54, 1.807) is 13.3 Å². The highest BCUT2D eigenvalue weighted by Gasteiger charge is 2.30. The molecule has 0 saturated carbocycles. The van der Waals surface area contributed by atoms with Gasteiger partial charge < -0.3 is 14.4 Å². The first-order chi connectivity index (χ1) is 17.3. The molecule has 3 rings (SSSR count). The first kappa shape index (κ1) is 28.0. The van der Waals surface area contributed by atoms with E-state index in [9.17, 15) is 4.79 Å². The van der Waals surface area contributed by atoms with Gasteiger partial charge in [0.1, 0.15) is 10.6 Å². The largest absolute Gasteiger partial charge is 0.465 e. The molecule has 3 aromatic rings.